The van der Waals surface area contributed by atoms with Crippen molar-refractivity contribution >= 4 is 17.3 Å². The molecule has 0 unspecified atom stereocenters. The van der Waals surface area contributed by atoms with Crippen LogP contribution in [0.5, 0.6) is 11.6 Å². The fourth-order valence-electron chi connectivity index (χ4n) is 1.18. The van der Waals surface area contributed by atoms with Gasteiger partial charge in [-0.1, -0.05) is 17.7 Å². The Morgan fingerprint density at radius 3 is 2.75 bits per heavy atom. The third kappa shape index (κ3) is 2.06. The number of nitrogen functional groups attached to an aromatic ring is 1. The van der Waals surface area contributed by atoms with Crippen molar-refractivity contribution in [3.63, 3.8) is 0 Å². The van der Waals surface area contributed by atoms with Gasteiger partial charge in [0.25, 0.3) is 5.88 Å². The summed E-state index contributed by atoms with van der Waals surface area (Å²) in [6, 6.07) is 7.61. The van der Waals surface area contributed by atoms with Crippen LogP contribution >= 0.6 is 11.6 Å². The first-order chi connectivity index (χ1) is 7.68. The summed E-state index contributed by atoms with van der Waals surface area (Å²) in [6.45, 7) is 0. The van der Waals surface area contributed by atoms with Gasteiger partial charge in [0.15, 0.2) is 11.6 Å². The number of rotatable bonds is 2. The number of pyridine rings is 1. The molecule has 3 nitrogen and oxygen atoms in total. The second-order valence-electron chi connectivity index (χ2n) is 3.05. The molecule has 2 rings (SSSR count). The first-order valence-electron chi connectivity index (χ1n) is 4.51. The predicted octanol–water partition coefficient (Wildman–Crippen LogP) is 3.25. The Bertz CT molecular complexity index is 499. The summed E-state index contributed by atoms with van der Waals surface area (Å²) in [6.07, 6.45) is 1.42. The summed E-state index contributed by atoms with van der Waals surface area (Å²) >= 11 is 5.88. The molecule has 0 aliphatic carbocycles. The molecule has 0 saturated carbocycles. The van der Waals surface area contributed by atoms with Crippen LogP contribution < -0.4 is 10.5 Å². The van der Waals surface area contributed by atoms with E-state index in [1.54, 1.807) is 18.2 Å². The maximum atomic E-state index is 13.3. The molecule has 2 N–H and O–H groups in total. The number of nitrogens with two attached hydrogens (primary N) is 1. The minimum atomic E-state index is -0.568. The third-order valence-electron chi connectivity index (χ3n) is 1.92. The maximum Gasteiger partial charge on any atom is 0.255 e. The normalized spacial score (nSPS) is 10.1. The molecule has 2 aromatic rings. The first kappa shape index (κ1) is 10.7. The van der Waals surface area contributed by atoms with E-state index in [1.165, 1.54) is 18.3 Å². The van der Waals surface area contributed by atoms with Crippen molar-refractivity contribution in [2.45, 2.75) is 0 Å². The maximum absolute atomic E-state index is 13.3. The van der Waals surface area contributed by atoms with Gasteiger partial charge in [-0.15, -0.1) is 0 Å². The van der Waals surface area contributed by atoms with E-state index in [9.17, 15) is 4.39 Å². The Kier molecular flexibility index (Phi) is 2.92. The van der Waals surface area contributed by atoms with Crippen molar-refractivity contribution in [1.29, 1.82) is 0 Å². The standard InChI is InChI=1S/C11H8ClFN2O/c12-7-3-1-5-9(14)10(7)16-11-8(13)4-2-6-15-11/h1-6H,14H2. The van der Waals surface area contributed by atoms with Gasteiger partial charge in [-0.2, -0.15) is 0 Å². The van der Waals surface area contributed by atoms with Crippen molar-refractivity contribution in [2.75, 3.05) is 5.73 Å². The Morgan fingerprint density at radius 1 is 1.25 bits per heavy atom. The van der Waals surface area contributed by atoms with E-state index in [1.807, 2.05) is 0 Å². The summed E-state index contributed by atoms with van der Waals surface area (Å²) in [5.74, 6) is -0.508. The summed E-state index contributed by atoms with van der Waals surface area (Å²) in [4.78, 5) is 3.74. The molecule has 1 heterocycles. The monoisotopic (exact) mass is 238 g/mol. The van der Waals surface area contributed by atoms with E-state index in [0.717, 1.165) is 0 Å². The molecule has 0 bridgehead atoms. The zero-order valence-corrected chi connectivity index (χ0v) is 8.91. The van der Waals surface area contributed by atoms with Crippen LogP contribution in [0.1, 0.15) is 0 Å². The zero-order chi connectivity index (χ0) is 11.5. The number of para-hydroxylation sites is 1. The molecule has 0 atom stereocenters. The van der Waals surface area contributed by atoms with Gasteiger partial charge in [-0.05, 0) is 24.3 Å². The number of anilines is 1. The molecule has 0 saturated heterocycles. The SMILES string of the molecule is Nc1cccc(Cl)c1Oc1ncccc1F. The number of ether oxygens (including phenoxy) is 1. The zero-order valence-electron chi connectivity index (χ0n) is 8.15. The highest BCUT2D eigenvalue weighted by Gasteiger charge is 2.10. The summed E-state index contributed by atoms with van der Waals surface area (Å²) in [7, 11) is 0. The second-order valence-corrected chi connectivity index (χ2v) is 3.46. The second kappa shape index (κ2) is 4.37. The molecule has 1 aromatic heterocycles. The smallest absolute Gasteiger partial charge is 0.255 e. The molecular weight excluding hydrogens is 231 g/mol. The van der Waals surface area contributed by atoms with Crippen LogP contribution in [0, 0.1) is 5.82 Å². The summed E-state index contributed by atoms with van der Waals surface area (Å²) in [5, 5.41) is 0.310. The van der Waals surface area contributed by atoms with Gasteiger partial charge in [0, 0.05) is 6.20 Å². The molecule has 0 spiro atoms. The van der Waals surface area contributed by atoms with E-state index >= 15 is 0 Å². The van der Waals surface area contributed by atoms with Crippen LogP contribution in [-0.2, 0) is 0 Å². The molecule has 82 valence electrons. The van der Waals surface area contributed by atoms with Crippen molar-refractivity contribution in [3.8, 4) is 11.6 Å². The van der Waals surface area contributed by atoms with Crippen LogP contribution in [0.4, 0.5) is 10.1 Å². The van der Waals surface area contributed by atoms with Crippen LogP contribution in [0.3, 0.4) is 0 Å². The summed E-state index contributed by atoms with van der Waals surface area (Å²) < 4.78 is 18.5. The lowest BCUT2D eigenvalue weighted by Crippen LogP contribution is -1.96. The van der Waals surface area contributed by atoms with Gasteiger partial charge in [0.1, 0.15) is 0 Å². The quantitative estimate of drug-likeness (QED) is 0.817. The molecule has 0 aliphatic heterocycles. The lowest BCUT2D eigenvalue weighted by Gasteiger charge is -2.09. The van der Waals surface area contributed by atoms with E-state index in [-0.39, 0.29) is 11.6 Å². The number of halogens is 2. The third-order valence-corrected chi connectivity index (χ3v) is 2.22. The van der Waals surface area contributed by atoms with Crippen molar-refractivity contribution in [3.05, 3.63) is 47.4 Å². The highest BCUT2D eigenvalue weighted by atomic mass is 35.5. The van der Waals surface area contributed by atoms with Crippen molar-refractivity contribution < 1.29 is 9.13 Å². The number of nitrogens with zero attached hydrogens (tertiary/aromatic N) is 1. The fourth-order valence-corrected chi connectivity index (χ4v) is 1.40. The van der Waals surface area contributed by atoms with E-state index in [4.69, 9.17) is 22.1 Å². The average Bonchev–Trinajstić information content (AvgIpc) is 2.26. The van der Waals surface area contributed by atoms with Crippen molar-refractivity contribution in [2.24, 2.45) is 0 Å². The van der Waals surface area contributed by atoms with Crippen molar-refractivity contribution in [1.82, 2.24) is 4.98 Å². The fraction of sp³-hybridized carbons (Fsp3) is 0. The lowest BCUT2D eigenvalue weighted by molar-refractivity contribution is 0.424. The molecular formula is C11H8ClFN2O. The minimum Gasteiger partial charge on any atom is -0.433 e. The average molecular weight is 239 g/mol. The van der Waals surface area contributed by atoms with E-state index in [2.05, 4.69) is 4.98 Å². The van der Waals surface area contributed by atoms with Gasteiger partial charge < -0.3 is 10.5 Å². The number of benzene rings is 1. The first-order valence-corrected chi connectivity index (χ1v) is 4.88. The topological polar surface area (TPSA) is 48.1 Å². The highest BCUT2D eigenvalue weighted by Crippen LogP contribution is 2.34. The molecule has 5 heteroatoms. The molecule has 1 aromatic carbocycles. The van der Waals surface area contributed by atoms with Gasteiger partial charge in [-0.25, -0.2) is 9.37 Å². The number of hydrogen-bond donors (Lipinski definition) is 1. The lowest BCUT2D eigenvalue weighted by atomic mass is 10.3. The molecule has 0 amide bonds. The van der Waals surface area contributed by atoms with Gasteiger partial charge in [-0.3, -0.25) is 0 Å². The number of aromatic nitrogens is 1. The van der Waals surface area contributed by atoms with E-state index < -0.39 is 5.82 Å². The molecule has 0 aliphatic rings. The van der Waals surface area contributed by atoms with Crippen LogP contribution in [0.2, 0.25) is 5.02 Å². The predicted molar refractivity (Wildman–Crippen MR) is 60.1 cm³/mol. The molecule has 0 fully saturated rings. The van der Waals surface area contributed by atoms with E-state index in [0.29, 0.717) is 10.7 Å². The largest absolute Gasteiger partial charge is 0.433 e. The Balaban J connectivity index is 2.38. The number of hydrogen-bond acceptors (Lipinski definition) is 3. The molecule has 0 radical (unpaired) electrons. The van der Waals surface area contributed by atoms with Crippen LogP contribution in [-0.4, -0.2) is 4.98 Å². The Labute approximate surface area is 96.6 Å². The van der Waals surface area contributed by atoms with Gasteiger partial charge in [0.05, 0.1) is 10.7 Å². The Morgan fingerprint density at radius 2 is 2.06 bits per heavy atom. The van der Waals surface area contributed by atoms with Crippen LogP contribution in [0.25, 0.3) is 0 Å². The highest BCUT2D eigenvalue weighted by molar-refractivity contribution is 6.32. The van der Waals surface area contributed by atoms with Gasteiger partial charge >= 0.3 is 0 Å². The Hall–Kier alpha value is -1.81. The molecule has 16 heavy (non-hydrogen) atoms. The summed E-state index contributed by atoms with van der Waals surface area (Å²) in [5.41, 5.74) is 5.99. The van der Waals surface area contributed by atoms with Crippen LogP contribution in [0.15, 0.2) is 36.5 Å². The van der Waals surface area contributed by atoms with Gasteiger partial charge in [0.2, 0.25) is 0 Å². The minimum absolute atomic E-state index is 0.151.